The quantitative estimate of drug-likeness (QED) is 0.632. The average molecular weight is 291 g/mol. The number of nitrogens with zero attached hydrogens (tertiary/aromatic N) is 3. The van der Waals surface area contributed by atoms with Gasteiger partial charge >= 0.3 is 0 Å². The number of benzene rings is 1. The van der Waals surface area contributed by atoms with Crippen LogP contribution >= 0.6 is 0 Å². The van der Waals surface area contributed by atoms with Gasteiger partial charge in [0.25, 0.3) is 0 Å². The standard InChI is InChI=1S/C15H22FN5/c1-10(2)8-21-15(18-9-19-21)7-14(20-17)13-5-4-12(16)6-11(13)3/h4-6,9-10,14,20H,7-8,17H2,1-3H3. The average Bonchev–Trinajstić information content (AvgIpc) is 2.83. The number of nitrogens with two attached hydrogens (primary N) is 1. The van der Waals surface area contributed by atoms with Crippen LogP contribution in [0, 0.1) is 18.7 Å². The Labute approximate surface area is 124 Å². The van der Waals surface area contributed by atoms with E-state index in [1.54, 1.807) is 12.4 Å². The lowest BCUT2D eigenvalue weighted by molar-refractivity contribution is 0.446. The molecule has 1 unspecified atom stereocenters. The first-order valence-corrected chi connectivity index (χ1v) is 7.10. The zero-order chi connectivity index (χ0) is 15.4. The Kier molecular flexibility index (Phi) is 5.03. The van der Waals surface area contributed by atoms with Gasteiger partial charge in [0.2, 0.25) is 0 Å². The van der Waals surface area contributed by atoms with Gasteiger partial charge in [0, 0.05) is 13.0 Å². The van der Waals surface area contributed by atoms with Crippen molar-refractivity contribution in [1.82, 2.24) is 20.2 Å². The SMILES string of the molecule is Cc1cc(F)ccc1C(Cc1ncnn1CC(C)C)NN. The fourth-order valence-corrected chi connectivity index (χ4v) is 2.42. The molecular formula is C15H22FN5. The lowest BCUT2D eigenvalue weighted by Crippen LogP contribution is -2.31. The first-order chi connectivity index (χ1) is 10.0. The van der Waals surface area contributed by atoms with Gasteiger partial charge < -0.3 is 0 Å². The summed E-state index contributed by atoms with van der Waals surface area (Å²) in [6, 6.07) is 4.60. The van der Waals surface area contributed by atoms with Gasteiger partial charge in [-0.1, -0.05) is 19.9 Å². The maximum absolute atomic E-state index is 13.2. The van der Waals surface area contributed by atoms with Crippen LogP contribution in [-0.4, -0.2) is 14.8 Å². The molecule has 1 heterocycles. The molecule has 0 fully saturated rings. The Balaban J connectivity index is 2.21. The number of rotatable bonds is 6. The molecule has 0 saturated heterocycles. The van der Waals surface area contributed by atoms with Crippen LogP contribution in [0.25, 0.3) is 0 Å². The van der Waals surface area contributed by atoms with E-state index in [4.69, 9.17) is 5.84 Å². The maximum atomic E-state index is 13.2. The van der Waals surface area contributed by atoms with E-state index in [0.29, 0.717) is 12.3 Å². The molecule has 0 amide bonds. The van der Waals surface area contributed by atoms with E-state index >= 15 is 0 Å². The van der Waals surface area contributed by atoms with Crippen molar-refractivity contribution in [3.63, 3.8) is 0 Å². The number of aromatic nitrogens is 3. The van der Waals surface area contributed by atoms with Crippen LogP contribution in [0.4, 0.5) is 4.39 Å². The molecule has 0 radical (unpaired) electrons. The molecule has 0 aliphatic carbocycles. The van der Waals surface area contributed by atoms with Crippen molar-refractivity contribution in [2.45, 2.75) is 39.8 Å². The van der Waals surface area contributed by atoms with Crippen molar-refractivity contribution in [3.8, 4) is 0 Å². The van der Waals surface area contributed by atoms with E-state index in [1.807, 2.05) is 11.6 Å². The highest BCUT2D eigenvalue weighted by Gasteiger charge is 2.17. The van der Waals surface area contributed by atoms with Gasteiger partial charge in [-0.05, 0) is 36.1 Å². The largest absolute Gasteiger partial charge is 0.271 e. The third-order valence-corrected chi connectivity index (χ3v) is 3.43. The van der Waals surface area contributed by atoms with Crippen molar-refractivity contribution < 1.29 is 4.39 Å². The number of nitrogens with one attached hydrogen (secondary N) is 1. The molecule has 21 heavy (non-hydrogen) atoms. The molecule has 1 aromatic carbocycles. The predicted molar refractivity (Wildman–Crippen MR) is 79.8 cm³/mol. The van der Waals surface area contributed by atoms with Crippen LogP contribution in [-0.2, 0) is 13.0 Å². The van der Waals surface area contributed by atoms with Crippen molar-refractivity contribution in [3.05, 3.63) is 47.3 Å². The van der Waals surface area contributed by atoms with Gasteiger partial charge in [0.1, 0.15) is 18.0 Å². The number of halogens is 1. The van der Waals surface area contributed by atoms with E-state index in [0.717, 1.165) is 23.5 Å². The third-order valence-electron chi connectivity index (χ3n) is 3.43. The van der Waals surface area contributed by atoms with Gasteiger partial charge in [-0.3, -0.25) is 11.3 Å². The Morgan fingerprint density at radius 3 is 2.76 bits per heavy atom. The molecule has 2 rings (SSSR count). The lowest BCUT2D eigenvalue weighted by Gasteiger charge is -2.19. The lowest BCUT2D eigenvalue weighted by atomic mass is 9.99. The van der Waals surface area contributed by atoms with E-state index in [1.165, 1.54) is 12.1 Å². The Bertz CT molecular complexity index is 593. The topological polar surface area (TPSA) is 68.8 Å². The van der Waals surface area contributed by atoms with Gasteiger partial charge in [-0.2, -0.15) is 5.10 Å². The second-order valence-corrected chi connectivity index (χ2v) is 5.68. The highest BCUT2D eigenvalue weighted by atomic mass is 19.1. The van der Waals surface area contributed by atoms with Crippen LogP contribution in [0.5, 0.6) is 0 Å². The summed E-state index contributed by atoms with van der Waals surface area (Å²) in [4.78, 5) is 4.31. The summed E-state index contributed by atoms with van der Waals surface area (Å²) < 4.78 is 15.1. The second kappa shape index (κ2) is 6.78. The predicted octanol–water partition coefficient (Wildman–Crippen LogP) is 2.13. The minimum absolute atomic E-state index is 0.124. The molecule has 114 valence electrons. The van der Waals surface area contributed by atoms with Gasteiger partial charge in [-0.25, -0.2) is 14.1 Å². The smallest absolute Gasteiger partial charge is 0.138 e. The van der Waals surface area contributed by atoms with Gasteiger partial charge in [-0.15, -0.1) is 0 Å². The summed E-state index contributed by atoms with van der Waals surface area (Å²) in [7, 11) is 0. The highest BCUT2D eigenvalue weighted by Crippen LogP contribution is 2.21. The summed E-state index contributed by atoms with van der Waals surface area (Å²) in [6.45, 7) is 6.96. The molecule has 2 aromatic rings. The summed E-state index contributed by atoms with van der Waals surface area (Å²) in [5.41, 5.74) is 4.63. The van der Waals surface area contributed by atoms with Crippen LogP contribution < -0.4 is 11.3 Å². The molecule has 1 atom stereocenters. The van der Waals surface area contributed by atoms with E-state index in [2.05, 4.69) is 29.4 Å². The number of aryl methyl sites for hydroxylation is 1. The molecule has 0 bridgehead atoms. The molecule has 0 aliphatic heterocycles. The zero-order valence-electron chi connectivity index (χ0n) is 12.7. The summed E-state index contributed by atoms with van der Waals surface area (Å²) in [6.07, 6.45) is 2.17. The Morgan fingerprint density at radius 1 is 1.38 bits per heavy atom. The normalized spacial score (nSPS) is 12.9. The first-order valence-electron chi connectivity index (χ1n) is 7.10. The number of hydrazine groups is 1. The highest BCUT2D eigenvalue weighted by molar-refractivity contribution is 5.30. The van der Waals surface area contributed by atoms with Crippen LogP contribution in [0.1, 0.15) is 36.8 Å². The molecule has 0 spiro atoms. The number of hydrogen-bond acceptors (Lipinski definition) is 4. The summed E-state index contributed by atoms with van der Waals surface area (Å²) in [5.74, 6) is 6.80. The van der Waals surface area contributed by atoms with Crippen LogP contribution in [0.15, 0.2) is 24.5 Å². The minimum atomic E-state index is -0.241. The fraction of sp³-hybridized carbons (Fsp3) is 0.467. The van der Waals surface area contributed by atoms with Crippen molar-refractivity contribution in [1.29, 1.82) is 0 Å². The van der Waals surface area contributed by atoms with Crippen LogP contribution in [0.3, 0.4) is 0 Å². The molecule has 0 saturated carbocycles. The second-order valence-electron chi connectivity index (χ2n) is 5.68. The molecule has 1 aromatic heterocycles. The van der Waals surface area contributed by atoms with Crippen molar-refractivity contribution in [2.75, 3.05) is 0 Å². The number of hydrogen-bond donors (Lipinski definition) is 2. The van der Waals surface area contributed by atoms with E-state index < -0.39 is 0 Å². The molecule has 0 aliphatic rings. The van der Waals surface area contributed by atoms with Crippen LogP contribution in [0.2, 0.25) is 0 Å². The fourth-order valence-electron chi connectivity index (χ4n) is 2.42. The Hall–Kier alpha value is -1.79. The van der Waals surface area contributed by atoms with Crippen molar-refractivity contribution in [2.24, 2.45) is 11.8 Å². The Morgan fingerprint density at radius 2 is 2.14 bits per heavy atom. The monoisotopic (exact) mass is 291 g/mol. The summed E-state index contributed by atoms with van der Waals surface area (Å²) in [5, 5.41) is 4.25. The van der Waals surface area contributed by atoms with Gasteiger partial charge in [0.05, 0.1) is 6.04 Å². The first kappa shape index (κ1) is 15.6. The molecule has 5 nitrogen and oxygen atoms in total. The summed E-state index contributed by atoms with van der Waals surface area (Å²) >= 11 is 0. The van der Waals surface area contributed by atoms with E-state index in [9.17, 15) is 4.39 Å². The zero-order valence-corrected chi connectivity index (χ0v) is 12.7. The minimum Gasteiger partial charge on any atom is -0.271 e. The van der Waals surface area contributed by atoms with Gasteiger partial charge in [0.15, 0.2) is 0 Å². The molecular weight excluding hydrogens is 269 g/mol. The molecule has 3 N–H and O–H groups in total. The van der Waals surface area contributed by atoms with Crippen molar-refractivity contribution >= 4 is 0 Å². The maximum Gasteiger partial charge on any atom is 0.138 e. The third kappa shape index (κ3) is 3.86. The van der Waals surface area contributed by atoms with E-state index in [-0.39, 0.29) is 11.9 Å². The molecule has 6 heteroatoms.